The standard InChI is InChI=1S/C24H29BrO8/c1-12-9-15(26)10-16(30-8)17(12)22(27)32-20-14(3)13(2)18(23(28)33-24(4,5)6)21(19(20)25)31-11-29-7/h9-10,26H,11H2,1-8H3. The predicted molar refractivity (Wildman–Crippen MR) is 126 cm³/mol. The largest absolute Gasteiger partial charge is 0.508 e. The van der Waals surface area contributed by atoms with Crippen LogP contribution in [-0.4, -0.2) is 43.7 Å². The molecule has 0 atom stereocenters. The van der Waals surface area contributed by atoms with Gasteiger partial charge in [-0.05, 0) is 80.2 Å². The van der Waals surface area contributed by atoms with E-state index in [0.29, 0.717) is 16.7 Å². The van der Waals surface area contributed by atoms with E-state index in [2.05, 4.69) is 15.9 Å². The maximum absolute atomic E-state index is 13.1. The van der Waals surface area contributed by atoms with Gasteiger partial charge in [0.25, 0.3) is 0 Å². The smallest absolute Gasteiger partial charge is 0.347 e. The molecule has 0 bridgehead atoms. The fourth-order valence-electron chi connectivity index (χ4n) is 3.16. The summed E-state index contributed by atoms with van der Waals surface area (Å²) in [4.78, 5) is 26.1. The van der Waals surface area contributed by atoms with Gasteiger partial charge in [0, 0.05) is 13.2 Å². The third-order valence-corrected chi connectivity index (χ3v) is 5.45. The Morgan fingerprint density at radius 1 is 0.970 bits per heavy atom. The highest BCUT2D eigenvalue weighted by molar-refractivity contribution is 9.10. The molecule has 0 heterocycles. The zero-order valence-corrected chi connectivity index (χ0v) is 21.6. The fourth-order valence-corrected chi connectivity index (χ4v) is 3.85. The molecule has 0 unspecified atom stereocenters. The number of methoxy groups -OCH3 is 2. The van der Waals surface area contributed by atoms with E-state index < -0.39 is 17.5 Å². The van der Waals surface area contributed by atoms with Gasteiger partial charge in [-0.15, -0.1) is 0 Å². The Hall–Kier alpha value is -2.78. The van der Waals surface area contributed by atoms with Crippen LogP contribution < -0.4 is 14.2 Å². The first-order valence-electron chi connectivity index (χ1n) is 10.1. The lowest BCUT2D eigenvalue weighted by Gasteiger charge is -2.24. The number of ether oxygens (including phenoxy) is 5. The highest BCUT2D eigenvalue weighted by atomic mass is 79.9. The topological polar surface area (TPSA) is 101 Å². The molecule has 0 fully saturated rings. The number of halogens is 1. The molecular formula is C24H29BrO8. The van der Waals surface area contributed by atoms with Crippen molar-refractivity contribution in [3.63, 3.8) is 0 Å². The number of phenolic OH excluding ortho intramolecular Hbond substituents is 1. The van der Waals surface area contributed by atoms with Crippen LogP contribution in [0.4, 0.5) is 0 Å². The van der Waals surface area contributed by atoms with E-state index in [-0.39, 0.29) is 45.4 Å². The fraction of sp³-hybridized carbons (Fsp3) is 0.417. The second-order valence-electron chi connectivity index (χ2n) is 8.38. The monoisotopic (exact) mass is 524 g/mol. The first-order valence-corrected chi connectivity index (χ1v) is 10.9. The number of esters is 2. The van der Waals surface area contributed by atoms with Crippen molar-refractivity contribution in [1.29, 1.82) is 0 Å². The summed E-state index contributed by atoms with van der Waals surface area (Å²) in [7, 11) is 2.84. The second kappa shape index (κ2) is 10.4. The van der Waals surface area contributed by atoms with E-state index in [0.717, 1.165) is 0 Å². The number of benzene rings is 2. The minimum Gasteiger partial charge on any atom is -0.508 e. The maximum Gasteiger partial charge on any atom is 0.347 e. The van der Waals surface area contributed by atoms with Gasteiger partial charge >= 0.3 is 11.9 Å². The molecule has 0 aromatic heterocycles. The van der Waals surface area contributed by atoms with E-state index in [9.17, 15) is 14.7 Å². The van der Waals surface area contributed by atoms with Gasteiger partial charge < -0.3 is 28.8 Å². The molecule has 2 rings (SSSR count). The molecule has 0 saturated carbocycles. The average molecular weight is 525 g/mol. The Morgan fingerprint density at radius 3 is 2.15 bits per heavy atom. The van der Waals surface area contributed by atoms with Crippen molar-refractivity contribution in [3.8, 4) is 23.0 Å². The first kappa shape index (κ1) is 26.5. The molecule has 8 nitrogen and oxygen atoms in total. The van der Waals surface area contributed by atoms with Gasteiger partial charge in [-0.3, -0.25) is 0 Å². The van der Waals surface area contributed by atoms with E-state index in [1.165, 1.54) is 26.4 Å². The lowest BCUT2D eigenvalue weighted by Crippen LogP contribution is -2.25. The number of phenols is 1. The zero-order valence-electron chi connectivity index (χ0n) is 20.0. The van der Waals surface area contributed by atoms with Crippen LogP contribution in [0.2, 0.25) is 0 Å². The summed E-state index contributed by atoms with van der Waals surface area (Å²) in [6.07, 6.45) is 0. The number of hydrogen-bond acceptors (Lipinski definition) is 8. The van der Waals surface area contributed by atoms with Gasteiger partial charge in [-0.25, -0.2) is 9.59 Å². The molecule has 0 spiro atoms. The maximum atomic E-state index is 13.1. The van der Waals surface area contributed by atoms with E-state index in [4.69, 9.17) is 23.7 Å². The van der Waals surface area contributed by atoms with Gasteiger partial charge in [0.05, 0.1) is 7.11 Å². The lowest BCUT2D eigenvalue weighted by atomic mass is 10.0. The summed E-state index contributed by atoms with van der Waals surface area (Å²) in [5.74, 6) is -0.841. The van der Waals surface area contributed by atoms with Gasteiger partial charge in [-0.2, -0.15) is 0 Å². The van der Waals surface area contributed by atoms with Gasteiger partial charge in [0.1, 0.15) is 32.7 Å². The van der Waals surface area contributed by atoms with Gasteiger partial charge in [0.15, 0.2) is 18.3 Å². The Kier molecular flexibility index (Phi) is 8.37. The summed E-state index contributed by atoms with van der Waals surface area (Å²) in [6, 6.07) is 2.76. The Bertz CT molecular complexity index is 1070. The normalized spacial score (nSPS) is 11.2. The minimum atomic E-state index is -0.722. The van der Waals surface area contributed by atoms with Crippen LogP contribution in [0.25, 0.3) is 0 Å². The van der Waals surface area contributed by atoms with Crippen LogP contribution in [0, 0.1) is 20.8 Å². The minimum absolute atomic E-state index is 0.0360. The van der Waals surface area contributed by atoms with E-state index >= 15 is 0 Å². The van der Waals surface area contributed by atoms with Crippen molar-refractivity contribution >= 4 is 27.9 Å². The van der Waals surface area contributed by atoms with Crippen LogP contribution in [0.5, 0.6) is 23.0 Å². The number of aryl methyl sites for hydroxylation is 1. The van der Waals surface area contributed by atoms with Crippen molar-refractivity contribution in [2.75, 3.05) is 21.0 Å². The molecular weight excluding hydrogens is 496 g/mol. The zero-order chi connectivity index (χ0) is 25.1. The number of hydrogen-bond donors (Lipinski definition) is 1. The molecule has 0 aliphatic rings. The highest BCUT2D eigenvalue weighted by Gasteiger charge is 2.30. The predicted octanol–water partition coefficient (Wildman–Crippen LogP) is 5.25. The molecule has 0 radical (unpaired) electrons. The van der Waals surface area contributed by atoms with Crippen molar-refractivity contribution in [2.24, 2.45) is 0 Å². The van der Waals surface area contributed by atoms with Crippen LogP contribution >= 0.6 is 15.9 Å². The SMILES string of the molecule is COCOc1c(Br)c(OC(=O)c2c(C)cc(O)cc2OC)c(C)c(C)c1C(=O)OC(C)(C)C. The van der Waals surface area contributed by atoms with Crippen molar-refractivity contribution in [1.82, 2.24) is 0 Å². The van der Waals surface area contributed by atoms with E-state index in [1.807, 2.05) is 0 Å². The molecule has 0 saturated heterocycles. The van der Waals surface area contributed by atoms with Crippen molar-refractivity contribution in [3.05, 3.63) is 44.4 Å². The van der Waals surface area contributed by atoms with Crippen molar-refractivity contribution in [2.45, 2.75) is 47.1 Å². The average Bonchev–Trinajstić information content (AvgIpc) is 2.70. The van der Waals surface area contributed by atoms with Gasteiger partial charge in [-0.1, -0.05) is 0 Å². The van der Waals surface area contributed by atoms with Crippen LogP contribution in [0.3, 0.4) is 0 Å². The molecule has 0 aliphatic heterocycles. The summed E-state index contributed by atoms with van der Waals surface area (Å²) in [5.41, 5.74) is 1.18. The molecule has 2 aromatic carbocycles. The molecule has 9 heteroatoms. The molecule has 0 amide bonds. The Morgan fingerprint density at radius 2 is 1.61 bits per heavy atom. The highest BCUT2D eigenvalue weighted by Crippen LogP contribution is 2.44. The Balaban J connectivity index is 2.63. The Labute approximate surface area is 201 Å². The number of carbonyl (C=O) groups excluding carboxylic acids is 2. The van der Waals surface area contributed by atoms with Crippen molar-refractivity contribution < 1.29 is 38.4 Å². The summed E-state index contributed by atoms with van der Waals surface area (Å²) < 4.78 is 27.5. The second-order valence-corrected chi connectivity index (χ2v) is 9.17. The third-order valence-electron chi connectivity index (χ3n) is 4.73. The molecule has 180 valence electrons. The molecule has 2 aromatic rings. The first-order chi connectivity index (χ1) is 15.3. The lowest BCUT2D eigenvalue weighted by molar-refractivity contribution is 0.00539. The van der Waals surface area contributed by atoms with Crippen LogP contribution in [-0.2, 0) is 9.47 Å². The van der Waals surface area contributed by atoms with E-state index in [1.54, 1.807) is 41.5 Å². The van der Waals surface area contributed by atoms with Crippen LogP contribution in [0.15, 0.2) is 16.6 Å². The number of aromatic hydroxyl groups is 1. The summed E-state index contributed by atoms with van der Waals surface area (Å²) in [5, 5.41) is 9.82. The number of carbonyl (C=O) groups is 2. The quantitative estimate of drug-likeness (QED) is 0.298. The molecule has 1 N–H and O–H groups in total. The molecule has 33 heavy (non-hydrogen) atoms. The summed E-state index contributed by atoms with van der Waals surface area (Å²) >= 11 is 3.43. The van der Waals surface area contributed by atoms with Gasteiger partial charge in [0.2, 0.25) is 0 Å². The number of rotatable bonds is 7. The summed E-state index contributed by atoms with van der Waals surface area (Å²) in [6.45, 7) is 10.2. The van der Waals surface area contributed by atoms with Crippen LogP contribution in [0.1, 0.15) is 58.2 Å². The molecule has 0 aliphatic carbocycles. The third kappa shape index (κ3) is 5.97.